The van der Waals surface area contributed by atoms with Crippen molar-refractivity contribution < 1.29 is 19.1 Å². The first-order valence-electron chi connectivity index (χ1n) is 5.39. The molecule has 0 saturated heterocycles. The van der Waals surface area contributed by atoms with Crippen LogP contribution in [0.5, 0.6) is 0 Å². The molecule has 0 N–H and O–H groups in total. The lowest BCUT2D eigenvalue weighted by atomic mass is 10.6. The van der Waals surface area contributed by atoms with Crippen LogP contribution in [0.15, 0.2) is 0 Å². The fraction of sp³-hybridized carbons (Fsp3) is 0.800. The Hall–Kier alpha value is -0.440. The minimum atomic E-state index is -0.480. The molecule has 0 fully saturated rings. The van der Waals surface area contributed by atoms with Crippen molar-refractivity contribution in [1.29, 1.82) is 0 Å². The summed E-state index contributed by atoms with van der Waals surface area (Å²) >= 11 is 0. The van der Waals surface area contributed by atoms with Gasteiger partial charge in [0.25, 0.3) is 0 Å². The molecular formula is C10H20N2O4S2. The Bertz CT molecular complexity index is 236. The highest BCUT2D eigenvalue weighted by atomic mass is 33.1. The van der Waals surface area contributed by atoms with Gasteiger partial charge in [-0.25, -0.2) is 9.59 Å². The first-order valence-corrected chi connectivity index (χ1v) is 7.54. The predicted octanol–water partition coefficient (Wildman–Crippen LogP) is 1.76. The lowest BCUT2D eigenvalue weighted by molar-refractivity contribution is 0.162. The summed E-state index contributed by atoms with van der Waals surface area (Å²) in [7, 11) is 9.03. The number of hydrogen-bond donors (Lipinski definition) is 0. The minimum absolute atomic E-state index is 0.315. The van der Waals surface area contributed by atoms with Gasteiger partial charge in [-0.05, 0) is 28.2 Å². The van der Waals surface area contributed by atoms with E-state index in [0.29, 0.717) is 26.3 Å². The van der Waals surface area contributed by atoms with Crippen LogP contribution in [0.1, 0.15) is 0 Å². The molecule has 106 valence electrons. The second-order valence-corrected chi connectivity index (χ2v) is 5.97. The molecule has 0 aliphatic heterocycles. The Morgan fingerprint density at radius 1 is 0.833 bits per heavy atom. The zero-order valence-electron chi connectivity index (χ0n) is 11.2. The predicted molar refractivity (Wildman–Crippen MR) is 75.0 cm³/mol. The molecule has 0 saturated carbocycles. The molecule has 0 aromatic carbocycles. The van der Waals surface area contributed by atoms with Gasteiger partial charge in [-0.1, -0.05) is 0 Å². The molecule has 0 heterocycles. The first kappa shape index (κ1) is 17.6. The molecule has 0 aromatic rings. The molecule has 0 aliphatic carbocycles. The summed E-state index contributed by atoms with van der Waals surface area (Å²) in [5.74, 6) is 0. The zero-order chi connectivity index (χ0) is 14.0. The second kappa shape index (κ2) is 10.5. The third-order valence-corrected chi connectivity index (χ3v) is 3.35. The van der Waals surface area contributed by atoms with E-state index in [1.807, 2.05) is 38.0 Å². The maximum atomic E-state index is 11.2. The van der Waals surface area contributed by atoms with Gasteiger partial charge in [0.05, 0.1) is 0 Å². The highest BCUT2D eigenvalue weighted by molar-refractivity contribution is 8.86. The van der Waals surface area contributed by atoms with E-state index in [2.05, 4.69) is 0 Å². The monoisotopic (exact) mass is 296 g/mol. The summed E-state index contributed by atoms with van der Waals surface area (Å²) in [6.07, 6.45) is 0. The summed E-state index contributed by atoms with van der Waals surface area (Å²) in [4.78, 5) is 26.2. The molecule has 0 aliphatic rings. The Labute approximate surface area is 116 Å². The van der Waals surface area contributed by atoms with E-state index in [4.69, 9.17) is 9.47 Å². The van der Waals surface area contributed by atoms with Crippen molar-refractivity contribution in [2.45, 2.75) is 0 Å². The highest BCUT2D eigenvalue weighted by Crippen LogP contribution is 2.25. The number of rotatable bonds is 6. The molecule has 0 bridgehead atoms. The molecule has 0 radical (unpaired) electrons. The summed E-state index contributed by atoms with van der Waals surface area (Å²) < 4.78 is 9.78. The van der Waals surface area contributed by atoms with Crippen molar-refractivity contribution in [2.24, 2.45) is 0 Å². The van der Waals surface area contributed by atoms with E-state index in [-0.39, 0.29) is 0 Å². The van der Waals surface area contributed by atoms with Crippen molar-refractivity contribution in [3.63, 3.8) is 0 Å². The van der Waals surface area contributed by atoms with Crippen LogP contribution < -0.4 is 0 Å². The van der Waals surface area contributed by atoms with Crippen LogP contribution in [-0.4, -0.2) is 74.9 Å². The lowest BCUT2D eigenvalue weighted by Gasteiger charge is -2.10. The van der Waals surface area contributed by atoms with Crippen molar-refractivity contribution >= 4 is 32.2 Å². The molecule has 0 spiro atoms. The average molecular weight is 296 g/mol. The number of carbonyl (C=O) groups is 2. The van der Waals surface area contributed by atoms with Gasteiger partial charge >= 0.3 is 10.6 Å². The van der Waals surface area contributed by atoms with Crippen LogP contribution >= 0.6 is 21.6 Å². The largest absolute Gasteiger partial charge is 0.456 e. The standard InChI is InChI=1S/C10H20N2O4S2/c1-11(2)5-7-15-9(13)17-18-10(14)16-8-6-12(3)4/h5-8H2,1-4H3. The smallest absolute Gasteiger partial charge is 0.378 e. The molecule has 0 rings (SSSR count). The van der Waals surface area contributed by atoms with Crippen LogP contribution in [0.3, 0.4) is 0 Å². The maximum absolute atomic E-state index is 11.2. The van der Waals surface area contributed by atoms with Gasteiger partial charge in [0.1, 0.15) is 13.2 Å². The van der Waals surface area contributed by atoms with Crippen LogP contribution in [0.25, 0.3) is 0 Å². The number of nitrogens with zero attached hydrogens (tertiary/aromatic N) is 2. The fourth-order valence-corrected chi connectivity index (χ4v) is 1.84. The molecule has 6 nitrogen and oxygen atoms in total. The minimum Gasteiger partial charge on any atom is -0.456 e. The van der Waals surface area contributed by atoms with Crippen molar-refractivity contribution in [3.8, 4) is 0 Å². The molecule has 0 amide bonds. The second-order valence-electron chi connectivity index (χ2n) is 3.97. The van der Waals surface area contributed by atoms with Gasteiger partial charge < -0.3 is 19.3 Å². The van der Waals surface area contributed by atoms with Gasteiger partial charge in [0.2, 0.25) is 0 Å². The van der Waals surface area contributed by atoms with E-state index < -0.39 is 10.6 Å². The summed E-state index contributed by atoms with van der Waals surface area (Å²) in [5, 5.41) is -0.960. The molecule has 8 heteroatoms. The van der Waals surface area contributed by atoms with Crippen LogP contribution in [0.2, 0.25) is 0 Å². The average Bonchev–Trinajstić information content (AvgIpc) is 2.25. The van der Waals surface area contributed by atoms with Gasteiger partial charge in [-0.3, -0.25) is 0 Å². The molecular weight excluding hydrogens is 276 g/mol. The SMILES string of the molecule is CN(C)CCOC(=O)SSC(=O)OCCN(C)C. The fourth-order valence-electron chi connectivity index (χ4n) is 0.739. The van der Waals surface area contributed by atoms with E-state index >= 15 is 0 Å². The van der Waals surface area contributed by atoms with Crippen LogP contribution in [0.4, 0.5) is 9.59 Å². The third kappa shape index (κ3) is 12.0. The van der Waals surface area contributed by atoms with Gasteiger partial charge in [-0.15, -0.1) is 0 Å². The third-order valence-electron chi connectivity index (χ3n) is 1.69. The number of carbonyl (C=O) groups excluding carboxylic acids is 2. The van der Waals surface area contributed by atoms with Gasteiger partial charge in [0.15, 0.2) is 0 Å². The Balaban J connectivity index is 3.50. The lowest BCUT2D eigenvalue weighted by Crippen LogP contribution is -2.19. The van der Waals surface area contributed by atoms with E-state index in [0.717, 1.165) is 21.6 Å². The number of ether oxygens (including phenoxy) is 2. The number of likely N-dealkylation sites (N-methyl/N-ethyl adjacent to an activating group) is 2. The van der Waals surface area contributed by atoms with E-state index in [1.54, 1.807) is 0 Å². The normalized spacial score (nSPS) is 10.8. The summed E-state index contributed by atoms with van der Waals surface area (Å²) in [6, 6.07) is 0. The van der Waals surface area contributed by atoms with Gasteiger partial charge in [0, 0.05) is 34.7 Å². The van der Waals surface area contributed by atoms with Crippen molar-refractivity contribution in [3.05, 3.63) is 0 Å². The Kier molecular flexibility index (Phi) is 10.2. The summed E-state index contributed by atoms with van der Waals surface area (Å²) in [5.41, 5.74) is 0. The molecule has 0 atom stereocenters. The van der Waals surface area contributed by atoms with Crippen LogP contribution in [-0.2, 0) is 9.47 Å². The van der Waals surface area contributed by atoms with E-state index in [1.165, 1.54) is 0 Å². The topological polar surface area (TPSA) is 59.1 Å². The Morgan fingerprint density at radius 2 is 1.17 bits per heavy atom. The molecule has 0 aromatic heterocycles. The summed E-state index contributed by atoms with van der Waals surface area (Å²) in [6.45, 7) is 1.94. The molecule has 18 heavy (non-hydrogen) atoms. The van der Waals surface area contributed by atoms with Crippen LogP contribution in [0, 0.1) is 0 Å². The molecule has 0 unspecified atom stereocenters. The number of hydrogen-bond acceptors (Lipinski definition) is 8. The van der Waals surface area contributed by atoms with E-state index in [9.17, 15) is 9.59 Å². The first-order chi connectivity index (χ1) is 8.41. The maximum Gasteiger partial charge on any atom is 0.378 e. The van der Waals surface area contributed by atoms with Gasteiger partial charge in [-0.2, -0.15) is 0 Å². The van der Waals surface area contributed by atoms with Crippen molar-refractivity contribution in [2.75, 3.05) is 54.5 Å². The van der Waals surface area contributed by atoms with Crippen molar-refractivity contribution in [1.82, 2.24) is 9.80 Å². The zero-order valence-corrected chi connectivity index (χ0v) is 12.8. The highest BCUT2D eigenvalue weighted by Gasteiger charge is 2.11. The quantitative estimate of drug-likeness (QED) is 0.543. The Morgan fingerprint density at radius 3 is 1.44 bits per heavy atom.